The molecule has 3 heteroatoms. The van der Waals surface area contributed by atoms with Crippen molar-refractivity contribution in [1.29, 1.82) is 0 Å². The summed E-state index contributed by atoms with van der Waals surface area (Å²) in [6, 6.07) is 5.97. The molecule has 1 heterocycles. The van der Waals surface area contributed by atoms with Gasteiger partial charge in [0.2, 0.25) is 0 Å². The molecule has 0 saturated carbocycles. The van der Waals surface area contributed by atoms with Crippen LogP contribution in [-0.2, 0) is 0 Å². The molecule has 2 N–H and O–H groups in total. The Bertz CT molecular complexity index is 402. The van der Waals surface area contributed by atoms with Crippen molar-refractivity contribution < 1.29 is 4.79 Å². The van der Waals surface area contributed by atoms with Crippen LogP contribution in [0.5, 0.6) is 0 Å². The third-order valence-electron chi connectivity index (χ3n) is 3.48. The van der Waals surface area contributed by atoms with E-state index in [9.17, 15) is 4.79 Å². The number of carbonyl (C=O) groups is 1. The van der Waals surface area contributed by atoms with Gasteiger partial charge in [0, 0.05) is 12.1 Å². The van der Waals surface area contributed by atoms with Gasteiger partial charge in [-0.15, -0.1) is 0 Å². The van der Waals surface area contributed by atoms with E-state index in [4.69, 9.17) is 0 Å². The molecule has 1 saturated heterocycles. The number of benzene rings is 1. The van der Waals surface area contributed by atoms with E-state index in [2.05, 4.69) is 16.7 Å². The summed E-state index contributed by atoms with van der Waals surface area (Å²) in [7, 11) is 0. The zero-order valence-corrected chi connectivity index (χ0v) is 11.3. The maximum atomic E-state index is 12.0. The van der Waals surface area contributed by atoms with E-state index in [1.165, 1.54) is 6.42 Å². The topological polar surface area (TPSA) is 41.1 Å². The van der Waals surface area contributed by atoms with Gasteiger partial charge in [-0.3, -0.25) is 4.79 Å². The maximum absolute atomic E-state index is 12.0. The minimum Gasteiger partial charge on any atom is -0.352 e. The van der Waals surface area contributed by atoms with Crippen LogP contribution in [0.25, 0.3) is 0 Å². The molecule has 18 heavy (non-hydrogen) atoms. The lowest BCUT2D eigenvalue weighted by molar-refractivity contribution is 0.0951. The monoisotopic (exact) mass is 246 g/mol. The standard InChI is InChI=1S/C15H22N2O/c1-11-7-12(2)9-14(8-11)15(18)17-6-4-13-3-5-16-10-13/h7-9,13,16H,3-6,10H2,1-2H3,(H,17,18). The van der Waals surface area contributed by atoms with Crippen LogP contribution in [0.15, 0.2) is 18.2 Å². The minimum atomic E-state index is 0.0488. The maximum Gasteiger partial charge on any atom is 0.251 e. The number of carbonyl (C=O) groups excluding carboxylic acids is 1. The second-order valence-electron chi connectivity index (χ2n) is 5.28. The van der Waals surface area contributed by atoms with Crippen LogP contribution >= 0.6 is 0 Å². The number of hydrogen-bond donors (Lipinski definition) is 2. The van der Waals surface area contributed by atoms with E-state index in [1.54, 1.807) is 0 Å². The van der Waals surface area contributed by atoms with Crippen molar-refractivity contribution in [3.05, 3.63) is 34.9 Å². The second-order valence-corrected chi connectivity index (χ2v) is 5.28. The number of rotatable bonds is 4. The molecule has 1 aliphatic heterocycles. The molecule has 1 unspecified atom stereocenters. The van der Waals surface area contributed by atoms with Crippen molar-refractivity contribution in [3.8, 4) is 0 Å². The van der Waals surface area contributed by atoms with Crippen LogP contribution in [0.4, 0.5) is 0 Å². The van der Waals surface area contributed by atoms with Crippen molar-refractivity contribution in [3.63, 3.8) is 0 Å². The molecule has 1 aromatic rings. The summed E-state index contributed by atoms with van der Waals surface area (Å²) in [6.45, 7) is 7.04. The zero-order chi connectivity index (χ0) is 13.0. The molecule has 0 aromatic heterocycles. The normalized spacial score (nSPS) is 18.9. The lowest BCUT2D eigenvalue weighted by Crippen LogP contribution is -2.26. The smallest absolute Gasteiger partial charge is 0.251 e. The van der Waals surface area contributed by atoms with Gasteiger partial charge in [0.25, 0.3) is 5.91 Å². The molecular formula is C15H22N2O. The molecule has 1 amide bonds. The summed E-state index contributed by atoms with van der Waals surface area (Å²) in [5, 5.41) is 6.36. The van der Waals surface area contributed by atoms with Crippen LogP contribution in [0.3, 0.4) is 0 Å². The SMILES string of the molecule is Cc1cc(C)cc(C(=O)NCCC2CCNC2)c1. The van der Waals surface area contributed by atoms with Gasteiger partial charge in [0.1, 0.15) is 0 Å². The number of amides is 1. The zero-order valence-electron chi connectivity index (χ0n) is 11.3. The number of aryl methyl sites for hydroxylation is 2. The molecule has 98 valence electrons. The Morgan fingerprint density at radius 2 is 2.06 bits per heavy atom. The Balaban J connectivity index is 1.83. The Morgan fingerprint density at radius 3 is 2.67 bits per heavy atom. The van der Waals surface area contributed by atoms with Crippen molar-refractivity contribution >= 4 is 5.91 Å². The summed E-state index contributed by atoms with van der Waals surface area (Å²) in [5.41, 5.74) is 3.05. The van der Waals surface area contributed by atoms with E-state index < -0.39 is 0 Å². The summed E-state index contributed by atoms with van der Waals surface area (Å²) in [5.74, 6) is 0.775. The first-order chi connectivity index (χ1) is 8.65. The molecule has 2 rings (SSSR count). The fourth-order valence-electron chi connectivity index (χ4n) is 2.56. The van der Waals surface area contributed by atoms with Gasteiger partial charge in [-0.2, -0.15) is 0 Å². The highest BCUT2D eigenvalue weighted by atomic mass is 16.1. The minimum absolute atomic E-state index is 0.0488. The van der Waals surface area contributed by atoms with Gasteiger partial charge < -0.3 is 10.6 Å². The Labute approximate surface area is 109 Å². The Hall–Kier alpha value is -1.35. The van der Waals surface area contributed by atoms with Crippen LogP contribution in [-0.4, -0.2) is 25.5 Å². The fourth-order valence-corrected chi connectivity index (χ4v) is 2.56. The first-order valence-electron chi connectivity index (χ1n) is 6.72. The summed E-state index contributed by atoms with van der Waals surface area (Å²) >= 11 is 0. The lowest BCUT2D eigenvalue weighted by atomic mass is 10.0. The first-order valence-corrected chi connectivity index (χ1v) is 6.72. The summed E-state index contributed by atoms with van der Waals surface area (Å²) in [6.07, 6.45) is 2.31. The van der Waals surface area contributed by atoms with E-state index in [0.717, 1.165) is 48.7 Å². The quantitative estimate of drug-likeness (QED) is 0.853. The lowest BCUT2D eigenvalue weighted by Gasteiger charge is -2.10. The number of nitrogens with one attached hydrogen (secondary N) is 2. The van der Waals surface area contributed by atoms with Gasteiger partial charge in [0.15, 0.2) is 0 Å². The van der Waals surface area contributed by atoms with Crippen LogP contribution in [0, 0.1) is 19.8 Å². The highest BCUT2D eigenvalue weighted by Crippen LogP contribution is 2.12. The summed E-state index contributed by atoms with van der Waals surface area (Å²) < 4.78 is 0. The van der Waals surface area contributed by atoms with Gasteiger partial charge in [-0.1, -0.05) is 17.2 Å². The van der Waals surface area contributed by atoms with Gasteiger partial charge in [-0.05, 0) is 57.8 Å². The van der Waals surface area contributed by atoms with E-state index >= 15 is 0 Å². The second kappa shape index (κ2) is 6.01. The average Bonchev–Trinajstić information content (AvgIpc) is 2.80. The van der Waals surface area contributed by atoms with Gasteiger partial charge >= 0.3 is 0 Å². The molecule has 0 bridgehead atoms. The average molecular weight is 246 g/mol. The number of hydrogen-bond acceptors (Lipinski definition) is 2. The highest BCUT2D eigenvalue weighted by Gasteiger charge is 2.14. The largest absolute Gasteiger partial charge is 0.352 e. The highest BCUT2D eigenvalue weighted by molar-refractivity contribution is 5.94. The Morgan fingerprint density at radius 1 is 1.33 bits per heavy atom. The third-order valence-corrected chi connectivity index (χ3v) is 3.48. The molecular weight excluding hydrogens is 224 g/mol. The molecule has 1 fully saturated rings. The fraction of sp³-hybridized carbons (Fsp3) is 0.533. The summed E-state index contributed by atoms with van der Waals surface area (Å²) in [4.78, 5) is 12.0. The van der Waals surface area contributed by atoms with Crippen molar-refractivity contribution in [1.82, 2.24) is 10.6 Å². The van der Waals surface area contributed by atoms with Crippen LogP contribution in [0.2, 0.25) is 0 Å². The first kappa shape index (κ1) is 13.1. The predicted molar refractivity (Wildman–Crippen MR) is 73.8 cm³/mol. The molecule has 0 aliphatic carbocycles. The molecule has 3 nitrogen and oxygen atoms in total. The molecule has 1 atom stereocenters. The Kier molecular flexibility index (Phi) is 4.37. The third kappa shape index (κ3) is 3.57. The van der Waals surface area contributed by atoms with E-state index in [1.807, 2.05) is 26.0 Å². The molecule has 1 aliphatic rings. The van der Waals surface area contributed by atoms with Crippen molar-refractivity contribution in [2.75, 3.05) is 19.6 Å². The van der Waals surface area contributed by atoms with Crippen molar-refractivity contribution in [2.24, 2.45) is 5.92 Å². The van der Waals surface area contributed by atoms with Crippen LogP contribution < -0.4 is 10.6 Å². The van der Waals surface area contributed by atoms with Crippen molar-refractivity contribution in [2.45, 2.75) is 26.7 Å². The van der Waals surface area contributed by atoms with E-state index in [0.29, 0.717) is 0 Å². The predicted octanol–water partition coefficient (Wildman–Crippen LogP) is 2.03. The molecule has 0 spiro atoms. The van der Waals surface area contributed by atoms with E-state index in [-0.39, 0.29) is 5.91 Å². The van der Waals surface area contributed by atoms with Gasteiger partial charge in [0.05, 0.1) is 0 Å². The van der Waals surface area contributed by atoms with Gasteiger partial charge in [-0.25, -0.2) is 0 Å². The molecule has 1 aromatic carbocycles. The molecule has 0 radical (unpaired) electrons. The van der Waals surface area contributed by atoms with Crippen LogP contribution in [0.1, 0.15) is 34.3 Å².